The van der Waals surface area contributed by atoms with E-state index in [4.69, 9.17) is 21.4 Å². The highest BCUT2D eigenvalue weighted by molar-refractivity contribution is 6.31. The second-order valence-corrected chi connectivity index (χ2v) is 4.23. The van der Waals surface area contributed by atoms with Gasteiger partial charge in [0.15, 0.2) is 17.3 Å². The molecule has 0 atom stereocenters. The van der Waals surface area contributed by atoms with Gasteiger partial charge in [-0.2, -0.15) is 5.10 Å². The molecule has 0 fully saturated rings. The van der Waals surface area contributed by atoms with Crippen molar-refractivity contribution in [3.8, 4) is 17.0 Å². The molecule has 0 spiro atoms. The van der Waals surface area contributed by atoms with E-state index in [-0.39, 0.29) is 16.5 Å². The molecule has 0 radical (unpaired) electrons. The van der Waals surface area contributed by atoms with Gasteiger partial charge < -0.3 is 9.84 Å². The highest BCUT2D eigenvalue weighted by Crippen LogP contribution is 2.32. The van der Waals surface area contributed by atoms with Crippen LogP contribution < -0.4 is 4.74 Å². The lowest BCUT2D eigenvalue weighted by Gasteiger charge is -2.07. The van der Waals surface area contributed by atoms with Gasteiger partial charge >= 0.3 is 5.97 Å². The highest BCUT2D eigenvalue weighted by atomic mass is 35.5. The number of carboxylic acids is 1. The molecule has 0 amide bonds. The topological polar surface area (TPSA) is 64.3 Å². The van der Waals surface area contributed by atoms with Crippen molar-refractivity contribution in [1.29, 1.82) is 0 Å². The molecule has 1 N–H and O–H groups in total. The molecule has 0 aliphatic rings. The SMILES string of the molecule is COc1cc(-c2cc(C(=O)O)nn2C)cc(Cl)c1F. The Balaban J connectivity index is 2.59. The maximum atomic E-state index is 13.6. The Morgan fingerprint density at radius 2 is 2.16 bits per heavy atom. The van der Waals surface area contributed by atoms with Crippen molar-refractivity contribution in [2.24, 2.45) is 7.05 Å². The van der Waals surface area contributed by atoms with Gasteiger partial charge in [-0.15, -0.1) is 0 Å². The second kappa shape index (κ2) is 4.89. The smallest absolute Gasteiger partial charge is 0.356 e. The number of aromatic carboxylic acids is 1. The molecule has 2 aromatic rings. The number of aromatic nitrogens is 2. The number of halogens is 2. The van der Waals surface area contributed by atoms with E-state index >= 15 is 0 Å². The maximum Gasteiger partial charge on any atom is 0.356 e. The normalized spacial score (nSPS) is 10.5. The molecule has 100 valence electrons. The summed E-state index contributed by atoms with van der Waals surface area (Å²) >= 11 is 5.77. The molecule has 0 unspecified atom stereocenters. The van der Waals surface area contributed by atoms with Crippen molar-refractivity contribution < 1.29 is 19.0 Å². The molecule has 0 saturated heterocycles. The minimum Gasteiger partial charge on any atom is -0.494 e. The zero-order valence-electron chi connectivity index (χ0n) is 10.1. The fourth-order valence-corrected chi connectivity index (χ4v) is 1.91. The van der Waals surface area contributed by atoms with E-state index < -0.39 is 11.8 Å². The second-order valence-electron chi connectivity index (χ2n) is 3.82. The Morgan fingerprint density at radius 1 is 1.47 bits per heavy atom. The van der Waals surface area contributed by atoms with Crippen LogP contribution in [-0.4, -0.2) is 28.0 Å². The molecule has 7 heteroatoms. The number of carboxylic acid groups (broad SMARTS) is 1. The minimum atomic E-state index is -1.14. The number of hydrogen-bond donors (Lipinski definition) is 1. The predicted octanol–water partition coefficient (Wildman–Crippen LogP) is 2.59. The van der Waals surface area contributed by atoms with Crippen LogP contribution in [0.15, 0.2) is 18.2 Å². The van der Waals surface area contributed by atoms with Crippen LogP contribution in [0.3, 0.4) is 0 Å². The Labute approximate surface area is 113 Å². The number of benzene rings is 1. The molecule has 1 aromatic heterocycles. The lowest BCUT2D eigenvalue weighted by atomic mass is 10.1. The number of carbonyl (C=O) groups is 1. The van der Waals surface area contributed by atoms with Crippen LogP contribution in [0.2, 0.25) is 5.02 Å². The first-order chi connectivity index (χ1) is 8.93. The Hall–Kier alpha value is -2.08. The molecular formula is C12H10ClFN2O3. The number of aryl methyl sites for hydroxylation is 1. The minimum absolute atomic E-state index is 0.0134. The molecule has 0 aliphatic heterocycles. The number of methoxy groups -OCH3 is 1. The number of nitrogens with zero attached hydrogens (tertiary/aromatic N) is 2. The van der Waals surface area contributed by atoms with Crippen molar-refractivity contribution in [3.63, 3.8) is 0 Å². The van der Waals surface area contributed by atoms with E-state index in [9.17, 15) is 9.18 Å². The zero-order chi connectivity index (χ0) is 14.2. The third kappa shape index (κ3) is 2.39. The molecule has 19 heavy (non-hydrogen) atoms. The lowest BCUT2D eigenvalue weighted by molar-refractivity contribution is 0.0689. The maximum absolute atomic E-state index is 13.6. The summed E-state index contributed by atoms with van der Waals surface area (Å²) in [6.07, 6.45) is 0. The Bertz CT molecular complexity index is 655. The van der Waals surface area contributed by atoms with Gasteiger partial charge in [0.05, 0.1) is 17.8 Å². The summed E-state index contributed by atoms with van der Waals surface area (Å²) in [5.74, 6) is -1.81. The Kier molecular flexibility index (Phi) is 3.44. The summed E-state index contributed by atoms with van der Waals surface area (Å²) in [7, 11) is 2.91. The first-order valence-electron chi connectivity index (χ1n) is 5.24. The van der Waals surface area contributed by atoms with Gasteiger partial charge in [0.25, 0.3) is 0 Å². The zero-order valence-corrected chi connectivity index (χ0v) is 10.9. The fraction of sp³-hybridized carbons (Fsp3) is 0.167. The van der Waals surface area contributed by atoms with Crippen molar-refractivity contribution >= 4 is 17.6 Å². The summed E-state index contributed by atoms with van der Waals surface area (Å²) in [4.78, 5) is 10.9. The third-order valence-electron chi connectivity index (χ3n) is 2.61. The van der Waals surface area contributed by atoms with Crippen LogP contribution >= 0.6 is 11.6 Å². The lowest BCUT2D eigenvalue weighted by Crippen LogP contribution is -1.99. The Morgan fingerprint density at radius 3 is 2.68 bits per heavy atom. The van der Waals surface area contributed by atoms with Crippen molar-refractivity contribution in [2.75, 3.05) is 7.11 Å². The average molecular weight is 285 g/mol. The molecule has 1 aromatic carbocycles. The summed E-state index contributed by atoms with van der Waals surface area (Å²) in [6, 6.07) is 4.21. The van der Waals surface area contributed by atoms with Crippen molar-refractivity contribution in [2.45, 2.75) is 0 Å². The van der Waals surface area contributed by atoms with Crippen LogP contribution in [0.25, 0.3) is 11.3 Å². The molecular weight excluding hydrogens is 275 g/mol. The van der Waals surface area contributed by atoms with E-state index in [0.29, 0.717) is 11.3 Å². The van der Waals surface area contributed by atoms with E-state index in [1.165, 1.54) is 30.0 Å². The summed E-state index contributed by atoms with van der Waals surface area (Å²) in [5.41, 5.74) is 0.917. The monoisotopic (exact) mass is 284 g/mol. The molecule has 1 heterocycles. The van der Waals surface area contributed by atoms with Gasteiger partial charge in [0.1, 0.15) is 0 Å². The first kappa shape index (κ1) is 13.4. The summed E-state index contributed by atoms with van der Waals surface area (Å²) < 4.78 is 19.8. The quantitative estimate of drug-likeness (QED) is 0.941. The van der Waals surface area contributed by atoms with Gasteiger partial charge in [-0.3, -0.25) is 4.68 Å². The molecule has 0 bridgehead atoms. The van der Waals surface area contributed by atoms with Crippen molar-refractivity contribution in [1.82, 2.24) is 9.78 Å². The van der Waals surface area contributed by atoms with E-state index in [1.54, 1.807) is 7.05 Å². The average Bonchev–Trinajstić information content (AvgIpc) is 2.75. The van der Waals surface area contributed by atoms with E-state index in [0.717, 1.165) is 0 Å². The van der Waals surface area contributed by atoms with Crippen LogP contribution in [-0.2, 0) is 7.05 Å². The van der Waals surface area contributed by atoms with Gasteiger partial charge in [-0.25, -0.2) is 9.18 Å². The summed E-state index contributed by atoms with van der Waals surface area (Å²) in [5, 5.41) is 12.6. The number of rotatable bonds is 3. The molecule has 5 nitrogen and oxygen atoms in total. The fourth-order valence-electron chi connectivity index (χ4n) is 1.70. The van der Waals surface area contributed by atoms with Gasteiger partial charge in [0.2, 0.25) is 0 Å². The molecule has 2 rings (SSSR count). The van der Waals surface area contributed by atoms with Crippen molar-refractivity contribution in [3.05, 3.63) is 34.7 Å². The predicted molar refractivity (Wildman–Crippen MR) is 67.1 cm³/mol. The largest absolute Gasteiger partial charge is 0.494 e. The first-order valence-corrected chi connectivity index (χ1v) is 5.62. The van der Waals surface area contributed by atoms with E-state index in [1.807, 2.05) is 0 Å². The summed E-state index contributed by atoms with van der Waals surface area (Å²) in [6.45, 7) is 0. The standard InChI is InChI=1S/C12H10ClFN2O3/c1-16-9(5-8(15-16)12(17)18)6-3-7(13)11(14)10(4-6)19-2/h3-5H,1-2H3,(H,17,18). The van der Waals surface area contributed by atoms with Crippen LogP contribution in [0.1, 0.15) is 10.5 Å². The highest BCUT2D eigenvalue weighted by Gasteiger charge is 2.16. The van der Waals surface area contributed by atoms with Gasteiger partial charge in [0, 0.05) is 12.6 Å². The van der Waals surface area contributed by atoms with Crippen LogP contribution in [0.5, 0.6) is 5.75 Å². The van der Waals surface area contributed by atoms with Gasteiger partial charge in [-0.1, -0.05) is 11.6 Å². The third-order valence-corrected chi connectivity index (χ3v) is 2.88. The molecule has 0 saturated carbocycles. The van der Waals surface area contributed by atoms with Gasteiger partial charge in [-0.05, 0) is 18.2 Å². The molecule has 0 aliphatic carbocycles. The van der Waals surface area contributed by atoms with Crippen LogP contribution in [0.4, 0.5) is 4.39 Å². The van der Waals surface area contributed by atoms with E-state index in [2.05, 4.69) is 5.10 Å². The number of hydrogen-bond acceptors (Lipinski definition) is 3. The number of ether oxygens (including phenoxy) is 1. The van der Waals surface area contributed by atoms with Crippen LogP contribution in [0, 0.1) is 5.82 Å².